The van der Waals surface area contributed by atoms with Crippen molar-refractivity contribution in [2.45, 2.75) is 39.3 Å². The van der Waals surface area contributed by atoms with E-state index in [1.54, 1.807) is 36.8 Å². The summed E-state index contributed by atoms with van der Waals surface area (Å²) in [4.78, 5) is 33.2. The van der Waals surface area contributed by atoms with E-state index >= 15 is 0 Å². The molecule has 0 aliphatic carbocycles. The number of hydrogen-bond acceptors (Lipinski definition) is 8. The number of ether oxygens (including phenoxy) is 3. The highest BCUT2D eigenvalue weighted by Gasteiger charge is 2.36. The van der Waals surface area contributed by atoms with Gasteiger partial charge in [0, 0.05) is 25.6 Å². The second kappa shape index (κ2) is 14.4. The maximum absolute atomic E-state index is 14.3. The Morgan fingerprint density at radius 3 is 2.53 bits per heavy atom. The third-order valence-electron chi connectivity index (χ3n) is 7.16. The minimum absolute atomic E-state index is 0.180. The molecular weight excluding hydrogens is 722 g/mol. The first-order valence-corrected chi connectivity index (χ1v) is 16.7. The molecule has 1 aliphatic heterocycles. The lowest BCUT2D eigenvalue weighted by atomic mass is 9.93. The zero-order valence-electron chi connectivity index (χ0n) is 24.8. The summed E-state index contributed by atoms with van der Waals surface area (Å²) < 4.78 is 20.9. The van der Waals surface area contributed by atoms with Crippen molar-refractivity contribution in [3.05, 3.63) is 123 Å². The number of carbonyl (C=O) groups excluding carboxylic acids is 1. The molecule has 0 N–H and O–H groups in total. The largest absolute Gasteiger partial charge is 0.496 e. The summed E-state index contributed by atoms with van der Waals surface area (Å²) in [5.41, 5.74) is 3.17. The number of nitriles is 1. The highest BCUT2D eigenvalue weighted by molar-refractivity contribution is 9.10. The van der Waals surface area contributed by atoms with E-state index in [0.717, 1.165) is 20.9 Å². The molecule has 0 saturated heterocycles. The highest BCUT2D eigenvalue weighted by Crippen LogP contribution is 2.38. The van der Waals surface area contributed by atoms with Gasteiger partial charge in [-0.05, 0) is 61.9 Å². The van der Waals surface area contributed by atoms with Crippen molar-refractivity contribution in [1.29, 1.82) is 5.26 Å². The molecule has 0 saturated carbocycles. The third-order valence-corrected chi connectivity index (χ3v) is 9.13. The third kappa shape index (κ3) is 6.83. The van der Waals surface area contributed by atoms with Crippen LogP contribution in [0, 0.1) is 11.3 Å². The number of nitrogens with zero attached hydrogens (tertiary/aromatic N) is 3. The molecule has 4 aromatic rings. The van der Waals surface area contributed by atoms with Gasteiger partial charge >= 0.3 is 5.97 Å². The second-order valence-corrected chi connectivity index (χ2v) is 12.9. The zero-order chi connectivity index (χ0) is 32.1. The molecule has 8 nitrogen and oxygen atoms in total. The molecule has 1 atom stereocenters. The Morgan fingerprint density at radius 1 is 1.09 bits per heavy atom. The predicted octanol–water partition coefficient (Wildman–Crippen LogP) is 6.56. The number of carbonyl (C=O) groups is 1. The van der Waals surface area contributed by atoms with E-state index in [2.05, 4.69) is 37.9 Å². The summed E-state index contributed by atoms with van der Waals surface area (Å²) in [6.07, 6.45) is 3.04. The topological polar surface area (TPSA) is 103 Å². The van der Waals surface area contributed by atoms with Gasteiger partial charge in [-0.25, -0.2) is 9.79 Å². The van der Waals surface area contributed by atoms with Crippen molar-refractivity contribution in [2.24, 2.45) is 4.99 Å². The summed E-state index contributed by atoms with van der Waals surface area (Å²) >= 11 is 8.33. The summed E-state index contributed by atoms with van der Waals surface area (Å²) in [6, 6.07) is 19.7. The van der Waals surface area contributed by atoms with E-state index in [1.807, 2.05) is 55.5 Å². The van der Waals surface area contributed by atoms with Gasteiger partial charge in [0.15, 0.2) is 4.80 Å². The van der Waals surface area contributed by atoms with Gasteiger partial charge in [0.2, 0.25) is 0 Å². The highest BCUT2D eigenvalue weighted by atomic mass is 79.9. The number of hydrogen-bond donors (Lipinski definition) is 0. The average Bonchev–Trinajstić information content (AvgIpc) is 3.34. The number of thiazole rings is 1. The van der Waals surface area contributed by atoms with E-state index in [4.69, 9.17) is 19.2 Å². The van der Waals surface area contributed by atoms with Crippen molar-refractivity contribution in [3.8, 4) is 17.6 Å². The van der Waals surface area contributed by atoms with Crippen molar-refractivity contribution in [2.75, 3.05) is 13.7 Å². The predicted molar refractivity (Wildman–Crippen MR) is 180 cm³/mol. The Morgan fingerprint density at radius 2 is 1.82 bits per heavy atom. The number of methoxy groups -OCH3 is 1. The molecular formula is C34H29Br2N3O5S. The molecule has 5 rings (SSSR count). The number of allylic oxidation sites excluding steroid dienone is 1. The fraction of sp³-hybridized carbons (Fsp3) is 0.235. The summed E-state index contributed by atoms with van der Waals surface area (Å²) in [5, 5.41) is 9.49. The van der Waals surface area contributed by atoms with Crippen LogP contribution in [0.5, 0.6) is 11.5 Å². The molecule has 0 spiro atoms. The van der Waals surface area contributed by atoms with Crippen LogP contribution >= 0.6 is 43.2 Å². The Kier molecular flexibility index (Phi) is 10.4. The first-order chi connectivity index (χ1) is 21.8. The van der Waals surface area contributed by atoms with Gasteiger partial charge in [-0.15, -0.1) is 0 Å². The van der Waals surface area contributed by atoms with Gasteiger partial charge in [-0.2, -0.15) is 5.26 Å². The van der Waals surface area contributed by atoms with Crippen LogP contribution in [0.25, 0.3) is 6.08 Å². The van der Waals surface area contributed by atoms with Crippen LogP contribution in [0.2, 0.25) is 0 Å². The van der Waals surface area contributed by atoms with E-state index in [-0.39, 0.29) is 18.8 Å². The molecule has 0 amide bonds. The number of halogens is 2. The first kappa shape index (κ1) is 32.4. The molecule has 0 bridgehead atoms. The zero-order valence-corrected chi connectivity index (χ0v) is 28.8. The van der Waals surface area contributed by atoms with Gasteiger partial charge in [-0.1, -0.05) is 74.7 Å². The maximum atomic E-state index is 14.3. The Hall–Kier alpha value is -3.98. The van der Waals surface area contributed by atoms with Gasteiger partial charge in [0.1, 0.15) is 24.1 Å². The molecule has 1 aromatic heterocycles. The standard InChI is InChI=1S/C34H29Br2N3O5S/c1-4-8-26-30(33(41)43-5-2)31(25-17-24(36)12-14-28(25)42-3)39-32(40)29(45-34(39)38-26)16-22-15-23(35)11-13-27(22)44-19-21-10-7-6-9-20(21)18-37/h6-7,9-17,31H,4-5,8,19H2,1-3H3/b29-16+/t31-/m0/s1. The molecule has 0 fully saturated rings. The molecule has 45 heavy (non-hydrogen) atoms. The molecule has 2 heterocycles. The smallest absolute Gasteiger partial charge is 0.338 e. The number of aromatic nitrogens is 1. The van der Waals surface area contributed by atoms with Crippen molar-refractivity contribution < 1.29 is 19.0 Å². The van der Waals surface area contributed by atoms with E-state index < -0.39 is 12.0 Å². The van der Waals surface area contributed by atoms with Crippen LogP contribution in [-0.4, -0.2) is 24.3 Å². The summed E-state index contributed by atoms with van der Waals surface area (Å²) in [6.45, 7) is 4.12. The molecule has 230 valence electrons. The van der Waals surface area contributed by atoms with Crippen molar-refractivity contribution in [1.82, 2.24) is 4.57 Å². The lowest BCUT2D eigenvalue weighted by Gasteiger charge is -2.27. The van der Waals surface area contributed by atoms with Gasteiger partial charge in [0.05, 0.1) is 41.2 Å². The number of benzene rings is 3. The quantitative estimate of drug-likeness (QED) is 0.170. The lowest BCUT2D eigenvalue weighted by Crippen LogP contribution is -2.40. The summed E-state index contributed by atoms with van der Waals surface area (Å²) in [7, 11) is 1.56. The average molecular weight is 751 g/mol. The lowest BCUT2D eigenvalue weighted by molar-refractivity contribution is -0.139. The summed E-state index contributed by atoms with van der Waals surface area (Å²) in [5.74, 6) is 0.546. The first-order valence-electron chi connectivity index (χ1n) is 14.2. The Balaban J connectivity index is 1.70. The minimum atomic E-state index is -0.822. The number of fused-ring (bicyclic) bond motifs is 1. The molecule has 3 aromatic carbocycles. The van der Waals surface area contributed by atoms with Crippen LogP contribution in [0.15, 0.2) is 90.7 Å². The van der Waals surface area contributed by atoms with Gasteiger partial charge in [0.25, 0.3) is 5.56 Å². The van der Waals surface area contributed by atoms with Crippen LogP contribution in [0.3, 0.4) is 0 Å². The van der Waals surface area contributed by atoms with Crippen LogP contribution < -0.4 is 24.4 Å². The molecule has 11 heteroatoms. The number of esters is 1. The van der Waals surface area contributed by atoms with E-state index in [9.17, 15) is 14.9 Å². The molecule has 0 unspecified atom stereocenters. The van der Waals surface area contributed by atoms with E-state index in [1.165, 1.54) is 11.3 Å². The fourth-order valence-corrected chi connectivity index (χ4v) is 6.92. The van der Waals surface area contributed by atoms with Gasteiger partial charge < -0.3 is 14.2 Å². The SMILES string of the molecule is CCCC1=C(C(=O)OCC)[C@H](c2cc(Br)ccc2OC)n2c(s/c(=C/c3cc(Br)ccc3OCc3ccccc3C#N)c2=O)=N1. The van der Waals surface area contributed by atoms with Crippen molar-refractivity contribution in [3.63, 3.8) is 0 Å². The van der Waals surface area contributed by atoms with Crippen LogP contribution in [-0.2, 0) is 16.1 Å². The molecule has 1 aliphatic rings. The second-order valence-electron chi connectivity index (χ2n) is 10.0. The monoisotopic (exact) mass is 749 g/mol. The molecule has 0 radical (unpaired) electrons. The number of rotatable bonds is 10. The van der Waals surface area contributed by atoms with E-state index in [0.29, 0.717) is 55.2 Å². The van der Waals surface area contributed by atoms with Crippen molar-refractivity contribution >= 4 is 55.2 Å². The Labute approximate surface area is 281 Å². The van der Waals surface area contributed by atoms with Gasteiger partial charge in [-0.3, -0.25) is 9.36 Å². The minimum Gasteiger partial charge on any atom is -0.496 e. The Bertz CT molecular complexity index is 2030. The maximum Gasteiger partial charge on any atom is 0.338 e. The van der Waals surface area contributed by atoms with Crippen LogP contribution in [0.1, 0.15) is 55.0 Å². The fourth-order valence-electron chi connectivity index (χ4n) is 5.15. The van der Waals surface area contributed by atoms with Crippen LogP contribution in [0.4, 0.5) is 0 Å². The normalized spacial score (nSPS) is 14.4.